The van der Waals surface area contributed by atoms with Crippen LogP contribution in [0.1, 0.15) is 51.9 Å². The summed E-state index contributed by atoms with van der Waals surface area (Å²) in [5, 5.41) is 8.52. The van der Waals surface area contributed by atoms with E-state index in [2.05, 4.69) is 19.1 Å². The summed E-state index contributed by atoms with van der Waals surface area (Å²) in [6.07, 6.45) is 12.9. The van der Waals surface area contributed by atoms with Gasteiger partial charge in [-0.15, -0.1) is 0 Å². The van der Waals surface area contributed by atoms with Crippen molar-refractivity contribution in [2.24, 2.45) is 0 Å². The lowest BCUT2D eigenvalue weighted by Gasteiger charge is -1.95. The van der Waals surface area contributed by atoms with Gasteiger partial charge in [0.2, 0.25) is 0 Å². The van der Waals surface area contributed by atoms with Crippen LogP contribution in [0.15, 0.2) is 12.2 Å². The van der Waals surface area contributed by atoms with Crippen LogP contribution in [0, 0.1) is 0 Å². The minimum atomic E-state index is 0.353. The van der Waals surface area contributed by atoms with Crippen molar-refractivity contribution in [3.63, 3.8) is 0 Å². The number of rotatable bonds is 8. The summed E-state index contributed by atoms with van der Waals surface area (Å²) in [6.45, 7) is 2.55. The van der Waals surface area contributed by atoms with Crippen molar-refractivity contribution in [3.8, 4) is 0 Å². The molecule has 0 unspecified atom stereocenters. The summed E-state index contributed by atoms with van der Waals surface area (Å²) in [4.78, 5) is 0. The molecule has 0 aromatic carbocycles. The van der Waals surface area contributed by atoms with E-state index in [0.29, 0.717) is 6.61 Å². The standard InChI is InChI=1S/C11H22O/c1-2-3-4-5-6-7-8-9-10-11-12/h4-5,12H,2-3,6-11H2,1H3. The van der Waals surface area contributed by atoms with E-state index in [4.69, 9.17) is 5.11 Å². The van der Waals surface area contributed by atoms with E-state index in [1.165, 1.54) is 38.5 Å². The average Bonchev–Trinajstić information content (AvgIpc) is 2.10. The SMILES string of the molecule is CCCC=CCCCCCCO. The molecule has 0 spiro atoms. The fourth-order valence-electron chi connectivity index (χ4n) is 1.13. The van der Waals surface area contributed by atoms with E-state index in [-0.39, 0.29) is 0 Å². The maximum Gasteiger partial charge on any atom is 0.0431 e. The van der Waals surface area contributed by atoms with Gasteiger partial charge in [0.25, 0.3) is 0 Å². The highest BCUT2D eigenvalue weighted by atomic mass is 16.2. The van der Waals surface area contributed by atoms with Crippen LogP contribution in [0.25, 0.3) is 0 Å². The molecule has 72 valence electrons. The summed E-state index contributed by atoms with van der Waals surface area (Å²) in [7, 11) is 0. The zero-order valence-corrected chi connectivity index (χ0v) is 8.26. The summed E-state index contributed by atoms with van der Waals surface area (Å²) in [5.41, 5.74) is 0. The maximum atomic E-state index is 8.52. The molecule has 0 heterocycles. The summed E-state index contributed by atoms with van der Waals surface area (Å²) >= 11 is 0. The first-order valence-corrected chi connectivity index (χ1v) is 5.17. The second kappa shape index (κ2) is 10.7. The highest BCUT2D eigenvalue weighted by Crippen LogP contribution is 2.03. The molecule has 0 atom stereocenters. The van der Waals surface area contributed by atoms with E-state index >= 15 is 0 Å². The molecule has 0 amide bonds. The molecular weight excluding hydrogens is 148 g/mol. The molecule has 0 aromatic rings. The first-order chi connectivity index (χ1) is 5.91. The van der Waals surface area contributed by atoms with E-state index in [9.17, 15) is 0 Å². The normalized spacial score (nSPS) is 11.2. The highest BCUT2D eigenvalue weighted by molar-refractivity contribution is 4.80. The largest absolute Gasteiger partial charge is 0.396 e. The average molecular weight is 170 g/mol. The Bertz CT molecular complexity index is 97.2. The molecule has 0 rings (SSSR count). The number of allylic oxidation sites excluding steroid dienone is 2. The predicted octanol–water partition coefficient (Wildman–Crippen LogP) is 3.29. The zero-order chi connectivity index (χ0) is 9.07. The van der Waals surface area contributed by atoms with Crippen molar-refractivity contribution < 1.29 is 5.11 Å². The number of unbranched alkanes of at least 4 members (excludes halogenated alkanes) is 5. The van der Waals surface area contributed by atoms with Gasteiger partial charge in [0, 0.05) is 6.61 Å². The molecule has 12 heavy (non-hydrogen) atoms. The molecule has 0 aliphatic heterocycles. The number of aliphatic hydroxyl groups excluding tert-OH is 1. The van der Waals surface area contributed by atoms with Gasteiger partial charge in [-0.3, -0.25) is 0 Å². The topological polar surface area (TPSA) is 20.2 Å². The lowest BCUT2D eigenvalue weighted by molar-refractivity contribution is 0.282. The Balaban J connectivity index is 2.90. The number of hydrogen-bond donors (Lipinski definition) is 1. The quantitative estimate of drug-likeness (QED) is 0.438. The lowest BCUT2D eigenvalue weighted by atomic mass is 10.1. The summed E-state index contributed by atoms with van der Waals surface area (Å²) in [5.74, 6) is 0. The molecule has 0 aliphatic rings. The molecule has 0 saturated carbocycles. The van der Waals surface area contributed by atoms with Crippen LogP contribution < -0.4 is 0 Å². The van der Waals surface area contributed by atoms with Crippen LogP contribution in [0.2, 0.25) is 0 Å². The Morgan fingerprint density at radius 2 is 1.58 bits per heavy atom. The van der Waals surface area contributed by atoms with Gasteiger partial charge in [0.05, 0.1) is 0 Å². The van der Waals surface area contributed by atoms with Crippen molar-refractivity contribution >= 4 is 0 Å². The Morgan fingerprint density at radius 1 is 0.917 bits per heavy atom. The minimum Gasteiger partial charge on any atom is -0.396 e. The van der Waals surface area contributed by atoms with Crippen molar-refractivity contribution in [1.82, 2.24) is 0 Å². The van der Waals surface area contributed by atoms with Crippen LogP contribution >= 0.6 is 0 Å². The zero-order valence-electron chi connectivity index (χ0n) is 8.26. The monoisotopic (exact) mass is 170 g/mol. The van der Waals surface area contributed by atoms with Crippen LogP contribution in [0.5, 0.6) is 0 Å². The second-order valence-electron chi connectivity index (χ2n) is 3.19. The van der Waals surface area contributed by atoms with Crippen LogP contribution in [-0.4, -0.2) is 11.7 Å². The third kappa shape index (κ3) is 9.70. The fourth-order valence-corrected chi connectivity index (χ4v) is 1.13. The van der Waals surface area contributed by atoms with Gasteiger partial charge in [-0.05, 0) is 25.7 Å². The van der Waals surface area contributed by atoms with Crippen LogP contribution in [-0.2, 0) is 0 Å². The molecule has 0 saturated heterocycles. The molecule has 0 fully saturated rings. The van der Waals surface area contributed by atoms with Crippen molar-refractivity contribution in [3.05, 3.63) is 12.2 Å². The smallest absolute Gasteiger partial charge is 0.0431 e. The predicted molar refractivity (Wildman–Crippen MR) is 54.2 cm³/mol. The lowest BCUT2D eigenvalue weighted by Crippen LogP contribution is -1.82. The highest BCUT2D eigenvalue weighted by Gasteiger charge is 1.86. The Kier molecular flexibility index (Phi) is 10.4. The third-order valence-electron chi connectivity index (χ3n) is 1.90. The van der Waals surface area contributed by atoms with Gasteiger partial charge in [-0.2, -0.15) is 0 Å². The minimum absolute atomic E-state index is 0.353. The Labute approximate surface area is 76.5 Å². The number of hydrogen-bond acceptors (Lipinski definition) is 1. The Hall–Kier alpha value is -0.300. The molecule has 1 nitrogen and oxygen atoms in total. The summed E-state index contributed by atoms with van der Waals surface area (Å²) in [6, 6.07) is 0. The van der Waals surface area contributed by atoms with Gasteiger partial charge < -0.3 is 5.11 Å². The van der Waals surface area contributed by atoms with Crippen LogP contribution in [0.4, 0.5) is 0 Å². The molecule has 0 aromatic heterocycles. The molecule has 0 radical (unpaired) electrons. The van der Waals surface area contributed by atoms with Crippen LogP contribution in [0.3, 0.4) is 0 Å². The first-order valence-electron chi connectivity index (χ1n) is 5.17. The van der Waals surface area contributed by atoms with Gasteiger partial charge >= 0.3 is 0 Å². The Morgan fingerprint density at radius 3 is 2.25 bits per heavy atom. The van der Waals surface area contributed by atoms with E-state index in [0.717, 1.165) is 6.42 Å². The fraction of sp³-hybridized carbons (Fsp3) is 0.818. The van der Waals surface area contributed by atoms with Gasteiger partial charge in [-0.1, -0.05) is 38.3 Å². The van der Waals surface area contributed by atoms with E-state index < -0.39 is 0 Å². The maximum absolute atomic E-state index is 8.52. The molecule has 1 N–H and O–H groups in total. The molecule has 0 aliphatic carbocycles. The third-order valence-corrected chi connectivity index (χ3v) is 1.90. The molecule has 0 bridgehead atoms. The first kappa shape index (κ1) is 11.7. The molecular formula is C11H22O. The second-order valence-corrected chi connectivity index (χ2v) is 3.19. The van der Waals surface area contributed by atoms with Crippen molar-refractivity contribution in [1.29, 1.82) is 0 Å². The van der Waals surface area contributed by atoms with E-state index in [1.807, 2.05) is 0 Å². The van der Waals surface area contributed by atoms with Gasteiger partial charge in [-0.25, -0.2) is 0 Å². The van der Waals surface area contributed by atoms with Gasteiger partial charge in [0.15, 0.2) is 0 Å². The van der Waals surface area contributed by atoms with Crippen molar-refractivity contribution in [2.75, 3.05) is 6.61 Å². The van der Waals surface area contributed by atoms with Gasteiger partial charge in [0.1, 0.15) is 0 Å². The van der Waals surface area contributed by atoms with E-state index in [1.54, 1.807) is 0 Å². The summed E-state index contributed by atoms with van der Waals surface area (Å²) < 4.78 is 0. The molecule has 1 heteroatoms. The van der Waals surface area contributed by atoms with Crippen molar-refractivity contribution in [2.45, 2.75) is 51.9 Å². The number of aliphatic hydroxyl groups is 1.